The third-order valence-electron chi connectivity index (χ3n) is 4.84. The molecule has 1 N–H and O–H groups in total. The number of carbonyl (C=O) groups is 1. The Morgan fingerprint density at radius 1 is 1.27 bits per heavy atom. The predicted octanol–water partition coefficient (Wildman–Crippen LogP) is 3.28. The van der Waals surface area contributed by atoms with Gasteiger partial charge in [0.15, 0.2) is 0 Å². The largest absolute Gasteiger partial charge is 0.379 e. The minimum atomic E-state index is 0.0499. The first-order chi connectivity index (χ1) is 10.7. The van der Waals surface area contributed by atoms with Crippen LogP contribution in [0, 0.1) is 0 Å². The molecule has 122 valence electrons. The van der Waals surface area contributed by atoms with Gasteiger partial charge in [0.1, 0.15) is 0 Å². The lowest BCUT2D eigenvalue weighted by molar-refractivity contribution is -0.0361. The molecule has 4 nitrogen and oxygen atoms in total. The summed E-state index contributed by atoms with van der Waals surface area (Å²) in [6.07, 6.45) is 6.20. The van der Waals surface area contributed by atoms with Gasteiger partial charge in [-0.2, -0.15) is 0 Å². The average Bonchev–Trinajstić information content (AvgIpc) is 3.01. The lowest BCUT2D eigenvalue weighted by atomic mass is 9.79. The second kappa shape index (κ2) is 7.43. The monoisotopic (exact) mass is 386 g/mol. The van der Waals surface area contributed by atoms with Crippen molar-refractivity contribution >= 4 is 33.2 Å². The Bertz CT molecular complexity index is 508. The lowest BCUT2D eigenvalue weighted by Gasteiger charge is -2.48. The van der Waals surface area contributed by atoms with E-state index in [4.69, 9.17) is 4.74 Å². The summed E-state index contributed by atoms with van der Waals surface area (Å²) in [4.78, 5) is 15.7. The fraction of sp³-hybridized carbons (Fsp3) is 0.688. The number of amides is 1. The number of thiophene rings is 1. The summed E-state index contributed by atoms with van der Waals surface area (Å²) < 4.78 is 6.50. The molecule has 0 unspecified atom stereocenters. The van der Waals surface area contributed by atoms with Gasteiger partial charge in [-0.15, -0.1) is 11.3 Å². The first-order valence-electron chi connectivity index (χ1n) is 8.06. The van der Waals surface area contributed by atoms with Gasteiger partial charge in [0.05, 0.1) is 21.9 Å². The van der Waals surface area contributed by atoms with Crippen LogP contribution < -0.4 is 5.32 Å². The molecule has 3 rings (SSSR count). The van der Waals surface area contributed by atoms with E-state index in [1.54, 1.807) is 0 Å². The van der Waals surface area contributed by atoms with Crippen molar-refractivity contribution in [1.29, 1.82) is 0 Å². The van der Waals surface area contributed by atoms with Gasteiger partial charge >= 0.3 is 0 Å². The van der Waals surface area contributed by atoms with Crippen LogP contribution in [0.5, 0.6) is 0 Å². The number of halogens is 1. The normalized spacial score (nSPS) is 22.4. The summed E-state index contributed by atoms with van der Waals surface area (Å²) in [5.74, 6) is 0.0499. The minimum Gasteiger partial charge on any atom is -0.379 e. The van der Waals surface area contributed by atoms with Crippen LogP contribution in [0.1, 0.15) is 41.8 Å². The number of carbonyl (C=O) groups excluding carboxylic acids is 1. The van der Waals surface area contributed by atoms with Crippen molar-refractivity contribution in [3.8, 4) is 0 Å². The first-order valence-corrected chi connectivity index (χ1v) is 9.67. The zero-order valence-electron chi connectivity index (χ0n) is 12.8. The summed E-state index contributed by atoms with van der Waals surface area (Å²) >= 11 is 4.91. The maximum absolute atomic E-state index is 12.4. The topological polar surface area (TPSA) is 41.6 Å². The molecule has 0 bridgehead atoms. The molecule has 0 radical (unpaired) electrons. The minimum absolute atomic E-state index is 0.0499. The highest BCUT2D eigenvalue weighted by atomic mass is 79.9. The van der Waals surface area contributed by atoms with Crippen molar-refractivity contribution < 1.29 is 9.53 Å². The predicted molar refractivity (Wildman–Crippen MR) is 92.6 cm³/mol. The number of nitrogens with one attached hydrogen (secondary N) is 1. The summed E-state index contributed by atoms with van der Waals surface area (Å²) in [6, 6.07) is 3.81. The molecule has 0 spiro atoms. The van der Waals surface area contributed by atoms with Crippen molar-refractivity contribution in [2.45, 2.75) is 37.6 Å². The van der Waals surface area contributed by atoms with Gasteiger partial charge in [-0.3, -0.25) is 9.69 Å². The Morgan fingerprint density at radius 3 is 2.64 bits per heavy atom. The van der Waals surface area contributed by atoms with Gasteiger partial charge in [0.2, 0.25) is 0 Å². The van der Waals surface area contributed by atoms with Gasteiger partial charge in [-0.05, 0) is 40.9 Å². The summed E-state index contributed by atoms with van der Waals surface area (Å²) in [7, 11) is 0. The van der Waals surface area contributed by atoms with E-state index < -0.39 is 0 Å². The van der Waals surface area contributed by atoms with Crippen LogP contribution in [0.25, 0.3) is 0 Å². The van der Waals surface area contributed by atoms with Gasteiger partial charge in [-0.1, -0.05) is 19.3 Å². The van der Waals surface area contributed by atoms with E-state index in [-0.39, 0.29) is 11.4 Å². The van der Waals surface area contributed by atoms with E-state index in [9.17, 15) is 4.79 Å². The number of rotatable bonds is 4. The SMILES string of the molecule is O=C(NCC1(N2CCOCC2)CCCCC1)c1ccc(Br)s1. The molecule has 2 heterocycles. The summed E-state index contributed by atoms with van der Waals surface area (Å²) in [6.45, 7) is 4.35. The molecule has 2 fully saturated rings. The van der Waals surface area contributed by atoms with Crippen molar-refractivity contribution in [2.24, 2.45) is 0 Å². The van der Waals surface area contributed by atoms with Crippen molar-refractivity contribution in [2.75, 3.05) is 32.8 Å². The third kappa shape index (κ3) is 3.72. The molecular weight excluding hydrogens is 364 g/mol. The highest BCUT2D eigenvalue weighted by Gasteiger charge is 2.38. The van der Waals surface area contributed by atoms with E-state index in [1.807, 2.05) is 12.1 Å². The molecule has 0 aromatic carbocycles. The fourth-order valence-electron chi connectivity index (χ4n) is 3.62. The molecule has 1 saturated carbocycles. The van der Waals surface area contributed by atoms with Crippen molar-refractivity contribution in [1.82, 2.24) is 10.2 Å². The Kier molecular flexibility index (Phi) is 5.55. The number of hydrogen-bond donors (Lipinski definition) is 1. The molecule has 6 heteroatoms. The molecule has 0 atom stereocenters. The number of nitrogens with zero attached hydrogens (tertiary/aromatic N) is 1. The molecule has 1 aliphatic carbocycles. The Labute approximate surface area is 144 Å². The van der Waals surface area contributed by atoms with Crippen LogP contribution in [0.15, 0.2) is 15.9 Å². The maximum Gasteiger partial charge on any atom is 0.261 e. The molecule has 1 aromatic heterocycles. The van der Waals surface area contributed by atoms with Gasteiger partial charge in [0, 0.05) is 25.2 Å². The van der Waals surface area contributed by atoms with Crippen molar-refractivity contribution in [3.63, 3.8) is 0 Å². The maximum atomic E-state index is 12.4. The number of hydrogen-bond acceptors (Lipinski definition) is 4. The van der Waals surface area contributed by atoms with Crippen LogP contribution in [0.2, 0.25) is 0 Å². The number of ether oxygens (including phenoxy) is 1. The molecule has 2 aliphatic rings. The van der Waals surface area contributed by atoms with E-state index in [2.05, 4.69) is 26.1 Å². The second-order valence-corrected chi connectivity index (χ2v) is 8.63. The summed E-state index contributed by atoms with van der Waals surface area (Å²) in [5, 5.41) is 3.19. The van der Waals surface area contributed by atoms with Gasteiger partial charge < -0.3 is 10.1 Å². The van der Waals surface area contributed by atoms with Gasteiger partial charge in [0.25, 0.3) is 5.91 Å². The average molecular weight is 387 g/mol. The standard InChI is InChI=1S/C16H23BrN2O2S/c17-14-5-4-13(22-14)15(20)18-12-16(6-2-1-3-7-16)19-8-10-21-11-9-19/h4-5H,1-3,6-12H2,(H,18,20). The highest BCUT2D eigenvalue weighted by molar-refractivity contribution is 9.11. The third-order valence-corrected chi connectivity index (χ3v) is 6.46. The van der Waals surface area contributed by atoms with Crippen LogP contribution in [0.3, 0.4) is 0 Å². The van der Waals surface area contributed by atoms with Crippen molar-refractivity contribution in [3.05, 3.63) is 20.8 Å². The lowest BCUT2D eigenvalue weighted by Crippen LogP contribution is -2.59. The summed E-state index contributed by atoms with van der Waals surface area (Å²) in [5.41, 5.74) is 0.131. The van der Waals surface area contributed by atoms with Crippen LogP contribution >= 0.6 is 27.3 Å². The Morgan fingerprint density at radius 2 is 2.00 bits per heavy atom. The van der Waals surface area contributed by atoms with Crippen LogP contribution in [-0.4, -0.2) is 49.2 Å². The molecular formula is C16H23BrN2O2S. The van der Waals surface area contributed by atoms with E-state index in [0.29, 0.717) is 0 Å². The molecule has 1 saturated heterocycles. The molecule has 1 amide bonds. The smallest absolute Gasteiger partial charge is 0.261 e. The van der Waals surface area contributed by atoms with E-state index in [0.717, 1.165) is 41.5 Å². The zero-order chi connectivity index (χ0) is 15.4. The van der Waals surface area contributed by atoms with Crippen LogP contribution in [-0.2, 0) is 4.74 Å². The second-order valence-electron chi connectivity index (χ2n) is 6.17. The molecule has 1 aliphatic heterocycles. The fourth-order valence-corrected chi connectivity index (χ4v) is 4.92. The molecule has 22 heavy (non-hydrogen) atoms. The first kappa shape index (κ1) is 16.4. The van der Waals surface area contributed by atoms with E-state index in [1.165, 1.54) is 43.4 Å². The van der Waals surface area contributed by atoms with Gasteiger partial charge in [-0.25, -0.2) is 0 Å². The quantitative estimate of drug-likeness (QED) is 0.862. The number of morpholine rings is 1. The zero-order valence-corrected chi connectivity index (χ0v) is 15.2. The van der Waals surface area contributed by atoms with E-state index >= 15 is 0 Å². The Hall–Kier alpha value is -0.430. The highest BCUT2D eigenvalue weighted by Crippen LogP contribution is 2.34. The Balaban J connectivity index is 1.66. The van der Waals surface area contributed by atoms with Crippen LogP contribution in [0.4, 0.5) is 0 Å². The molecule has 1 aromatic rings.